The number of aromatic amines is 1. The third-order valence-corrected chi connectivity index (χ3v) is 3.51. The standard InChI is InChI=1S/C17H17N3/c1-11-8-9-14(12(2)10-11)15-16(19-20-17(15)18)13-6-4-3-5-7-13/h3-10H,1-2H3,(H3,18,19,20). The van der Waals surface area contributed by atoms with Crippen LogP contribution in [0.25, 0.3) is 22.4 Å². The van der Waals surface area contributed by atoms with E-state index in [-0.39, 0.29) is 0 Å². The number of aryl methyl sites for hydroxylation is 2. The first-order valence-corrected chi connectivity index (χ1v) is 6.63. The van der Waals surface area contributed by atoms with E-state index in [1.807, 2.05) is 18.2 Å². The number of rotatable bonds is 2. The summed E-state index contributed by atoms with van der Waals surface area (Å²) in [4.78, 5) is 0. The Labute approximate surface area is 118 Å². The van der Waals surface area contributed by atoms with E-state index in [9.17, 15) is 0 Å². The summed E-state index contributed by atoms with van der Waals surface area (Å²) < 4.78 is 0. The van der Waals surface area contributed by atoms with Crippen LogP contribution in [0.2, 0.25) is 0 Å². The molecule has 0 aliphatic heterocycles. The van der Waals surface area contributed by atoms with E-state index in [1.54, 1.807) is 0 Å². The Balaban J connectivity index is 2.22. The molecule has 0 atom stereocenters. The molecule has 1 heterocycles. The van der Waals surface area contributed by atoms with Crippen LogP contribution >= 0.6 is 0 Å². The highest BCUT2D eigenvalue weighted by Gasteiger charge is 2.16. The van der Waals surface area contributed by atoms with Gasteiger partial charge < -0.3 is 5.73 Å². The van der Waals surface area contributed by atoms with Crippen molar-refractivity contribution in [3.8, 4) is 22.4 Å². The number of aromatic nitrogens is 2. The highest BCUT2D eigenvalue weighted by molar-refractivity contribution is 5.89. The third kappa shape index (κ3) is 2.07. The summed E-state index contributed by atoms with van der Waals surface area (Å²) in [6.07, 6.45) is 0. The molecule has 100 valence electrons. The monoisotopic (exact) mass is 263 g/mol. The molecule has 2 aromatic carbocycles. The highest BCUT2D eigenvalue weighted by atomic mass is 15.2. The molecule has 0 aliphatic rings. The van der Waals surface area contributed by atoms with Crippen LogP contribution in [-0.2, 0) is 0 Å². The van der Waals surface area contributed by atoms with E-state index < -0.39 is 0 Å². The van der Waals surface area contributed by atoms with E-state index >= 15 is 0 Å². The van der Waals surface area contributed by atoms with Crippen LogP contribution < -0.4 is 5.73 Å². The van der Waals surface area contributed by atoms with Gasteiger partial charge in [0, 0.05) is 5.56 Å². The second kappa shape index (κ2) is 4.85. The maximum atomic E-state index is 6.08. The van der Waals surface area contributed by atoms with Crippen LogP contribution in [0.5, 0.6) is 0 Å². The van der Waals surface area contributed by atoms with E-state index in [1.165, 1.54) is 11.1 Å². The highest BCUT2D eigenvalue weighted by Crippen LogP contribution is 2.36. The lowest BCUT2D eigenvalue weighted by atomic mass is 9.96. The average Bonchev–Trinajstić information content (AvgIpc) is 2.82. The van der Waals surface area contributed by atoms with Gasteiger partial charge in [0.25, 0.3) is 0 Å². The lowest BCUT2D eigenvalue weighted by Crippen LogP contribution is -1.91. The number of nitrogens with two attached hydrogens (primary N) is 1. The fraction of sp³-hybridized carbons (Fsp3) is 0.118. The molecule has 3 heteroatoms. The Bertz CT molecular complexity index is 742. The number of nitrogens with one attached hydrogen (secondary N) is 1. The smallest absolute Gasteiger partial charge is 0.153 e. The SMILES string of the molecule is Cc1ccc(-c2c(N)n[nH]c2-c2ccccc2)c(C)c1. The first kappa shape index (κ1) is 12.5. The minimum absolute atomic E-state index is 0.538. The summed E-state index contributed by atoms with van der Waals surface area (Å²) in [5, 5.41) is 7.24. The minimum atomic E-state index is 0.538. The van der Waals surface area contributed by atoms with Crippen LogP contribution in [0.4, 0.5) is 5.82 Å². The van der Waals surface area contributed by atoms with Crippen LogP contribution in [0.3, 0.4) is 0 Å². The van der Waals surface area contributed by atoms with Crippen LogP contribution in [0, 0.1) is 13.8 Å². The molecule has 0 saturated heterocycles. The van der Waals surface area contributed by atoms with Crippen LogP contribution in [0.1, 0.15) is 11.1 Å². The quantitative estimate of drug-likeness (QED) is 0.735. The normalized spacial score (nSPS) is 10.7. The lowest BCUT2D eigenvalue weighted by Gasteiger charge is -2.09. The maximum absolute atomic E-state index is 6.08. The third-order valence-electron chi connectivity index (χ3n) is 3.51. The molecule has 0 amide bonds. The van der Waals surface area contributed by atoms with E-state index in [0.717, 1.165) is 22.4 Å². The fourth-order valence-corrected chi connectivity index (χ4v) is 2.54. The number of H-pyrrole nitrogens is 1. The first-order chi connectivity index (χ1) is 9.66. The van der Waals surface area contributed by atoms with Gasteiger partial charge in [-0.3, -0.25) is 5.10 Å². The molecule has 3 rings (SSSR count). The Morgan fingerprint density at radius 2 is 1.75 bits per heavy atom. The Morgan fingerprint density at radius 3 is 2.45 bits per heavy atom. The summed E-state index contributed by atoms with van der Waals surface area (Å²) in [5.41, 5.74) is 12.7. The van der Waals surface area contributed by atoms with Crippen molar-refractivity contribution in [3.05, 3.63) is 59.7 Å². The van der Waals surface area contributed by atoms with Gasteiger partial charge in [-0.15, -0.1) is 0 Å². The first-order valence-electron chi connectivity index (χ1n) is 6.63. The predicted molar refractivity (Wildman–Crippen MR) is 83.3 cm³/mol. The Kier molecular flexibility index (Phi) is 3.03. The maximum Gasteiger partial charge on any atom is 0.153 e. The zero-order valence-electron chi connectivity index (χ0n) is 11.6. The largest absolute Gasteiger partial charge is 0.382 e. The topological polar surface area (TPSA) is 54.7 Å². The van der Waals surface area contributed by atoms with Gasteiger partial charge >= 0.3 is 0 Å². The molecule has 20 heavy (non-hydrogen) atoms. The fourth-order valence-electron chi connectivity index (χ4n) is 2.54. The molecule has 3 nitrogen and oxygen atoms in total. The molecule has 0 spiro atoms. The second-order valence-corrected chi connectivity index (χ2v) is 5.04. The van der Waals surface area contributed by atoms with E-state index in [4.69, 9.17) is 5.73 Å². The summed E-state index contributed by atoms with van der Waals surface area (Å²) >= 11 is 0. The molecule has 3 aromatic rings. The van der Waals surface area contributed by atoms with Gasteiger partial charge in [0.15, 0.2) is 5.82 Å². The van der Waals surface area contributed by atoms with Crippen molar-refractivity contribution < 1.29 is 0 Å². The summed E-state index contributed by atoms with van der Waals surface area (Å²) in [6.45, 7) is 4.19. The molecule has 3 N–H and O–H groups in total. The van der Waals surface area contributed by atoms with Crippen molar-refractivity contribution in [2.75, 3.05) is 5.73 Å². The average molecular weight is 263 g/mol. The van der Waals surface area contributed by atoms with Crippen molar-refractivity contribution >= 4 is 5.82 Å². The predicted octanol–water partition coefficient (Wildman–Crippen LogP) is 3.94. The van der Waals surface area contributed by atoms with Crippen molar-refractivity contribution in [1.29, 1.82) is 0 Å². The second-order valence-electron chi connectivity index (χ2n) is 5.04. The lowest BCUT2D eigenvalue weighted by molar-refractivity contribution is 1.10. The van der Waals surface area contributed by atoms with Crippen LogP contribution in [-0.4, -0.2) is 10.2 Å². The molecular weight excluding hydrogens is 246 g/mol. The summed E-state index contributed by atoms with van der Waals surface area (Å²) in [6, 6.07) is 16.5. The van der Waals surface area contributed by atoms with Crippen molar-refractivity contribution in [1.82, 2.24) is 10.2 Å². The number of anilines is 1. The zero-order valence-corrected chi connectivity index (χ0v) is 11.6. The number of nitrogen functional groups attached to an aromatic ring is 1. The Hall–Kier alpha value is -2.55. The van der Waals surface area contributed by atoms with Crippen molar-refractivity contribution in [2.45, 2.75) is 13.8 Å². The molecule has 0 radical (unpaired) electrons. The zero-order chi connectivity index (χ0) is 14.1. The molecular formula is C17H17N3. The minimum Gasteiger partial charge on any atom is -0.382 e. The van der Waals surface area contributed by atoms with Gasteiger partial charge in [-0.2, -0.15) is 5.10 Å². The van der Waals surface area contributed by atoms with Gasteiger partial charge in [-0.05, 0) is 25.0 Å². The number of hydrogen-bond acceptors (Lipinski definition) is 2. The molecule has 0 saturated carbocycles. The molecule has 0 aliphatic carbocycles. The summed E-state index contributed by atoms with van der Waals surface area (Å²) in [5.74, 6) is 0.538. The number of hydrogen-bond donors (Lipinski definition) is 2. The molecule has 0 fully saturated rings. The van der Waals surface area contributed by atoms with Gasteiger partial charge in [-0.25, -0.2) is 0 Å². The van der Waals surface area contributed by atoms with Gasteiger partial charge in [0.2, 0.25) is 0 Å². The van der Waals surface area contributed by atoms with Crippen molar-refractivity contribution in [2.24, 2.45) is 0 Å². The van der Waals surface area contributed by atoms with Gasteiger partial charge in [0.1, 0.15) is 0 Å². The summed E-state index contributed by atoms with van der Waals surface area (Å²) in [7, 11) is 0. The Morgan fingerprint density at radius 1 is 1.00 bits per heavy atom. The molecule has 0 bridgehead atoms. The van der Waals surface area contributed by atoms with E-state index in [0.29, 0.717) is 5.82 Å². The molecule has 1 aromatic heterocycles. The van der Waals surface area contributed by atoms with E-state index in [2.05, 4.69) is 54.4 Å². The van der Waals surface area contributed by atoms with Gasteiger partial charge in [-0.1, -0.05) is 54.1 Å². The number of nitrogens with zero attached hydrogens (tertiary/aromatic N) is 1. The molecule has 0 unspecified atom stereocenters. The van der Waals surface area contributed by atoms with Crippen molar-refractivity contribution in [3.63, 3.8) is 0 Å². The van der Waals surface area contributed by atoms with Gasteiger partial charge in [0.05, 0.1) is 11.3 Å². The number of benzene rings is 2. The van der Waals surface area contributed by atoms with Crippen LogP contribution in [0.15, 0.2) is 48.5 Å².